The van der Waals surface area contributed by atoms with Gasteiger partial charge < -0.3 is 14.5 Å². The highest BCUT2D eigenvalue weighted by atomic mass is 19.4. The van der Waals surface area contributed by atoms with E-state index in [2.05, 4.69) is 4.74 Å². The molecule has 0 saturated carbocycles. The molecule has 17 heavy (non-hydrogen) atoms. The van der Waals surface area contributed by atoms with E-state index in [4.69, 9.17) is 0 Å². The highest BCUT2D eigenvalue weighted by Crippen LogP contribution is 2.36. The van der Waals surface area contributed by atoms with Gasteiger partial charge in [0.05, 0.1) is 11.4 Å². The van der Waals surface area contributed by atoms with Crippen molar-refractivity contribution in [2.24, 2.45) is 0 Å². The molecular weight excluding hydrogens is 233 g/mol. The Labute approximate surface area is 97.4 Å². The topological polar surface area (TPSA) is 15.7 Å². The Morgan fingerprint density at radius 1 is 1.06 bits per heavy atom. The van der Waals surface area contributed by atoms with Crippen molar-refractivity contribution in [1.82, 2.24) is 0 Å². The highest BCUT2D eigenvalue weighted by molar-refractivity contribution is 5.74. The first kappa shape index (κ1) is 11.9. The molecule has 0 amide bonds. The van der Waals surface area contributed by atoms with Crippen LogP contribution in [0.25, 0.3) is 0 Å². The predicted octanol–water partition coefficient (Wildman–Crippen LogP) is 2.47. The maximum absolute atomic E-state index is 12.1. The van der Waals surface area contributed by atoms with Crippen LogP contribution in [-0.4, -0.2) is 33.5 Å². The molecule has 0 bridgehead atoms. The average molecular weight is 246 g/mol. The number of rotatable bonds is 1. The van der Waals surface area contributed by atoms with Gasteiger partial charge in [0, 0.05) is 33.3 Å². The van der Waals surface area contributed by atoms with Gasteiger partial charge in [-0.05, 0) is 12.1 Å². The van der Waals surface area contributed by atoms with Gasteiger partial charge in [0.15, 0.2) is 0 Å². The van der Waals surface area contributed by atoms with Crippen LogP contribution < -0.4 is 14.5 Å². The van der Waals surface area contributed by atoms with Crippen LogP contribution in [0.2, 0.25) is 0 Å². The molecule has 0 spiro atoms. The molecule has 3 nitrogen and oxygen atoms in total. The minimum Gasteiger partial charge on any atom is -0.406 e. The number of hydrogen-bond donors (Lipinski definition) is 0. The van der Waals surface area contributed by atoms with E-state index in [-0.39, 0.29) is 5.75 Å². The smallest absolute Gasteiger partial charge is 0.406 e. The Kier molecular flexibility index (Phi) is 2.81. The van der Waals surface area contributed by atoms with Gasteiger partial charge >= 0.3 is 6.36 Å². The van der Waals surface area contributed by atoms with Crippen LogP contribution in [0.4, 0.5) is 24.5 Å². The SMILES string of the molecule is CN1CCN(C)c2cc(OC(F)(F)F)ccc21. The summed E-state index contributed by atoms with van der Waals surface area (Å²) in [5.41, 5.74) is 1.66. The summed E-state index contributed by atoms with van der Waals surface area (Å²) < 4.78 is 40.2. The minimum atomic E-state index is -4.65. The molecule has 0 aliphatic carbocycles. The fourth-order valence-corrected chi connectivity index (χ4v) is 1.87. The maximum Gasteiger partial charge on any atom is 0.573 e. The highest BCUT2D eigenvalue weighted by Gasteiger charge is 2.31. The van der Waals surface area contributed by atoms with E-state index < -0.39 is 6.36 Å². The van der Waals surface area contributed by atoms with Gasteiger partial charge in [-0.15, -0.1) is 13.2 Å². The van der Waals surface area contributed by atoms with E-state index in [1.807, 2.05) is 23.9 Å². The molecule has 0 atom stereocenters. The lowest BCUT2D eigenvalue weighted by molar-refractivity contribution is -0.274. The largest absolute Gasteiger partial charge is 0.573 e. The lowest BCUT2D eigenvalue weighted by Crippen LogP contribution is -2.36. The first-order chi connectivity index (χ1) is 7.87. The molecule has 0 fully saturated rings. The molecule has 6 heteroatoms. The van der Waals surface area contributed by atoms with Crippen LogP contribution >= 0.6 is 0 Å². The first-order valence-electron chi connectivity index (χ1n) is 5.19. The monoisotopic (exact) mass is 246 g/mol. The van der Waals surface area contributed by atoms with Crippen molar-refractivity contribution in [3.63, 3.8) is 0 Å². The van der Waals surface area contributed by atoms with Gasteiger partial charge in [0.1, 0.15) is 5.75 Å². The zero-order chi connectivity index (χ0) is 12.6. The van der Waals surface area contributed by atoms with Crippen molar-refractivity contribution in [1.29, 1.82) is 0 Å². The number of hydrogen-bond acceptors (Lipinski definition) is 3. The summed E-state index contributed by atoms with van der Waals surface area (Å²) in [5.74, 6) is -0.182. The predicted molar refractivity (Wildman–Crippen MR) is 59.7 cm³/mol. The Bertz CT molecular complexity index is 420. The van der Waals surface area contributed by atoms with Crippen LogP contribution in [0.5, 0.6) is 5.75 Å². The standard InChI is InChI=1S/C11H13F3N2O/c1-15-5-6-16(2)10-7-8(3-4-9(10)15)17-11(12,13)14/h3-4,7H,5-6H2,1-2H3. The second kappa shape index (κ2) is 4.01. The number of likely N-dealkylation sites (N-methyl/N-ethyl adjacent to an activating group) is 2. The summed E-state index contributed by atoms with van der Waals surface area (Å²) >= 11 is 0. The second-order valence-corrected chi connectivity index (χ2v) is 4.04. The third-order valence-electron chi connectivity index (χ3n) is 2.77. The molecule has 0 radical (unpaired) electrons. The molecule has 0 unspecified atom stereocenters. The van der Waals surface area contributed by atoms with E-state index in [0.717, 1.165) is 24.5 Å². The zero-order valence-electron chi connectivity index (χ0n) is 9.58. The number of anilines is 2. The number of ether oxygens (including phenoxy) is 1. The number of halogens is 3. The summed E-state index contributed by atoms with van der Waals surface area (Å²) in [6, 6.07) is 4.40. The third-order valence-corrected chi connectivity index (χ3v) is 2.77. The lowest BCUT2D eigenvalue weighted by Gasteiger charge is -2.34. The van der Waals surface area contributed by atoms with Crippen LogP contribution in [0.1, 0.15) is 0 Å². The number of nitrogens with zero attached hydrogens (tertiary/aromatic N) is 2. The number of benzene rings is 1. The van der Waals surface area contributed by atoms with Gasteiger partial charge in [-0.3, -0.25) is 0 Å². The van der Waals surface area contributed by atoms with Crippen molar-refractivity contribution < 1.29 is 17.9 Å². The van der Waals surface area contributed by atoms with Crippen LogP contribution in [0.15, 0.2) is 18.2 Å². The molecule has 94 valence electrons. The fourth-order valence-electron chi connectivity index (χ4n) is 1.87. The molecule has 1 aromatic rings. The van der Waals surface area contributed by atoms with Crippen LogP contribution in [0, 0.1) is 0 Å². The second-order valence-electron chi connectivity index (χ2n) is 4.04. The number of fused-ring (bicyclic) bond motifs is 1. The van der Waals surface area contributed by atoms with Gasteiger partial charge in [-0.1, -0.05) is 0 Å². The Hall–Kier alpha value is -1.59. The van der Waals surface area contributed by atoms with Crippen molar-refractivity contribution in [2.45, 2.75) is 6.36 Å². The first-order valence-corrected chi connectivity index (χ1v) is 5.19. The molecule has 1 heterocycles. The lowest BCUT2D eigenvalue weighted by atomic mass is 10.2. The summed E-state index contributed by atoms with van der Waals surface area (Å²) in [5, 5.41) is 0. The van der Waals surface area contributed by atoms with Crippen molar-refractivity contribution >= 4 is 11.4 Å². The average Bonchev–Trinajstić information content (AvgIpc) is 2.21. The molecule has 0 N–H and O–H groups in total. The summed E-state index contributed by atoms with van der Waals surface area (Å²) in [4.78, 5) is 3.92. The summed E-state index contributed by atoms with van der Waals surface area (Å²) in [7, 11) is 3.76. The summed E-state index contributed by atoms with van der Waals surface area (Å²) in [6.45, 7) is 1.63. The molecular formula is C11H13F3N2O. The normalized spacial score (nSPS) is 15.8. The molecule has 0 aromatic heterocycles. The minimum absolute atomic E-state index is 0.182. The Morgan fingerprint density at radius 2 is 1.65 bits per heavy atom. The molecule has 1 aliphatic heterocycles. The maximum atomic E-state index is 12.1. The molecule has 2 rings (SSSR count). The Balaban J connectivity index is 2.32. The van der Waals surface area contributed by atoms with E-state index >= 15 is 0 Å². The van der Waals surface area contributed by atoms with E-state index in [9.17, 15) is 13.2 Å². The van der Waals surface area contributed by atoms with E-state index in [0.29, 0.717) is 0 Å². The van der Waals surface area contributed by atoms with Crippen molar-refractivity contribution in [3.8, 4) is 5.75 Å². The van der Waals surface area contributed by atoms with Crippen LogP contribution in [0.3, 0.4) is 0 Å². The van der Waals surface area contributed by atoms with Gasteiger partial charge in [0.25, 0.3) is 0 Å². The molecule has 0 saturated heterocycles. The Morgan fingerprint density at radius 3 is 2.24 bits per heavy atom. The zero-order valence-corrected chi connectivity index (χ0v) is 9.58. The number of alkyl halides is 3. The quantitative estimate of drug-likeness (QED) is 0.757. The van der Waals surface area contributed by atoms with Crippen molar-refractivity contribution in [2.75, 3.05) is 37.0 Å². The molecule has 1 aliphatic rings. The van der Waals surface area contributed by atoms with Gasteiger partial charge in [-0.2, -0.15) is 0 Å². The van der Waals surface area contributed by atoms with Gasteiger partial charge in [0.2, 0.25) is 0 Å². The van der Waals surface area contributed by atoms with Crippen molar-refractivity contribution in [3.05, 3.63) is 18.2 Å². The summed E-state index contributed by atoms with van der Waals surface area (Å²) in [6.07, 6.45) is -4.65. The van der Waals surface area contributed by atoms with E-state index in [1.54, 1.807) is 6.07 Å². The van der Waals surface area contributed by atoms with Gasteiger partial charge in [-0.25, -0.2) is 0 Å². The van der Waals surface area contributed by atoms with E-state index in [1.165, 1.54) is 12.1 Å². The van der Waals surface area contributed by atoms with Crippen LogP contribution in [-0.2, 0) is 0 Å². The third kappa shape index (κ3) is 2.57. The fraction of sp³-hybridized carbons (Fsp3) is 0.455. The molecule has 1 aromatic carbocycles.